The SMILES string of the molecule is CC(C)C(C(=O)Nc1ccn[nH]1)c1ccc(Cl)cc1. The van der Waals surface area contributed by atoms with Gasteiger partial charge in [-0.1, -0.05) is 37.6 Å². The van der Waals surface area contributed by atoms with Crippen LogP contribution in [-0.2, 0) is 4.79 Å². The van der Waals surface area contributed by atoms with Gasteiger partial charge in [0.2, 0.25) is 5.91 Å². The summed E-state index contributed by atoms with van der Waals surface area (Å²) in [5.41, 5.74) is 0.955. The van der Waals surface area contributed by atoms with Crippen LogP contribution < -0.4 is 5.32 Å². The van der Waals surface area contributed by atoms with Crippen LogP contribution in [0.5, 0.6) is 0 Å². The minimum atomic E-state index is -0.222. The summed E-state index contributed by atoms with van der Waals surface area (Å²) in [6.45, 7) is 4.04. The van der Waals surface area contributed by atoms with Crippen LogP contribution in [0, 0.1) is 5.92 Å². The summed E-state index contributed by atoms with van der Waals surface area (Å²) in [5.74, 6) is 0.510. The molecule has 0 saturated carbocycles. The molecule has 2 N–H and O–H groups in total. The molecule has 2 aromatic rings. The van der Waals surface area contributed by atoms with E-state index in [0.717, 1.165) is 5.56 Å². The van der Waals surface area contributed by atoms with Crippen LogP contribution in [0.15, 0.2) is 36.5 Å². The van der Waals surface area contributed by atoms with Crippen molar-refractivity contribution in [2.24, 2.45) is 5.92 Å². The third-order valence-corrected chi connectivity index (χ3v) is 3.19. The maximum absolute atomic E-state index is 12.3. The molecule has 0 spiro atoms. The number of amides is 1. The van der Waals surface area contributed by atoms with Crippen molar-refractivity contribution in [2.75, 3.05) is 5.32 Å². The molecule has 1 aromatic carbocycles. The first-order valence-corrected chi connectivity index (χ1v) is 6.51. The van der Waals surface area contributed by atoms with Gasteiger partial charge in [-0.15, -0.1) is 0 Å². The van der Waals surface area contributed by atoms with Gasteiger partial charge in [0, 0.05) is 11.1 Å². The number of hydrogen-bond donors (Lipinski definition) is 2. The number of anilines is 1. The van der Waals surface area contributed by atoms with E-state index in [1.54, 1.807) is 24.4 Å². The van der Waals surface area contributed by atoms with Gasteiger partial charge in [0.15, 0.2) is 0 Å². The van der Waals surface area contributed by atoms with E-state index in [1.165, 1.54) is 0 Å². The van der Waals surface area contributed by atoms with E-state index >= 15 is 0 Å². The van der Waals surface area contributed by atoms with Crippen LogP contribution in [-0.4, -0.2) is 16.1 Å². The normalized spacial score (nSPS) is 12.4. The third kappa shape index (κ3) is 3.35. The molecule has 4 nitrogen and oxygen atoms in total. The van der Waals surface area contributed by atoms with Crippen LogP contribution in [0.4, 0.5) is 5.82 Å². The average Bonchev–Trinajstić information content (AvgIpc) is 2.84. The first-order chi connectivity index (χ1) is 9.08. The number of H-pyrrole nitrogens is 1. The molecule has 2 rings (SSSR count). The summed E-state index contributed by atoms with van der Waals surface area (Å²) in [7, 11) is 0. The molecule has 0 aliphatic rings. The monoisotopic (exact) mass is 277 g/mol. The van der Waals surface area contributed by atoms with Gasteiger partial charge >= 0.3 is 0 Å². The summed E-state index contributed by atoms with van der Waals surface area (Å²) >= 11 is 5.88. The number of nitrogens with one attached hydrogen (secondary N) is 2. The zero-order valence-corrected chi connectivity index (χ0v) is 11.6. The fraction of sp³-hybridized carbons (Fsp3) is 0.286. The molecule has 100 valence electrons. The minimum absolute atomic E-state index is 0.0541. The number of aromatic nitrogens is 2. The van der Waals surface area contributed by atoms with Crippen molar-refractivity contribution in [1.29, 1.82) is 0 Å². The van der Waals surface area contributed by atoms with E-state index in [1.807, 2.05) is 26.0 Å². The number of rotatable bonds is 4. The van der Waals surface area contributed by atoms with E-state index in [9.17, 15) is 4.79 Å². The molecule has 0 saturated heterocycles. The first-order valence-electron chi connectivity index (χ1n) is 6.13. The molecular formula is C14H16ClN3O. The van der Waals surface area contributed by atoms with Gasteiger partial charge in [-0.3, -0.25) is 9.89 Å². The highest BCUT2D eigenvalue weighted by Gasteiger charge is 2.24. The van der Waals surface area contributed by atoms with E-state index < -0.39 is 0 Å². The van der Waals surface area contributed by atoms with Crippen LogP contribution in [0.25, 0.3) is 0 Å². The zero-order chi connectivity index (χ0) is 13.8. The molecular weight excluding hydrogens is 262 g/mol. The lowest BCUT2D eigenvalue weighted by Gasteiger charge is -2.20. The van der Waals surface area contributed by atoms with Crippen molar-refractivity contribution in [3.63, 3.8) is 0 Å². The summed E-state index contributed by atoms with van der Waals surface area (Å²) < 4.78 is 0. The molecule has 5 heteroatoms. The van der Waals surface area contributed by atoms with E-state index in [4.69, 9.17) is 11.6 Å². The van der Waals surface area contributed by atoms with Crippen molar-refractivity contribution in [3.8, 4) is 0 Å². The van der Waals surface area contributed by atoms with Gasteiger partial charge in [0.25, 0.3) is 0 Å². The van der Waals surface area contributed by atoms with Crippen LogP contribution in [0.3, 0.4) is 0 Å². The highest BCUT2D eigenvalue weighted by molar-refractivity contribution is 6.30. The Hall–Kier alpha value is -1.81. The quantitative estimate of drug-likeness (QED) is 0.899. The van der Waals surface area contributed by atoms with Crippen LogP contribution in [0.2, 0.25) is 5.02 Å². The van der Waals surface area contributed by atoms with E-state index in [2.05, 4.69) is 15.5 Å². The Morgan fingerprint density at radius 2 is 1.95 bits per heavy atom. The maximum Gasteiger partial charge on any atom is 0.233 e. The van der Waals surface area contributed by atoms with Crippen molar-refractivity contribution in [1.82, 2.24) is 10.2 Å². The highest BCUT2D eigenvalue weighted by Crippen LogP contribution is 2.27. The van der Waals surface area contributed by atoms with Crippen molar-refractivity contribution >= 4 is 23.3 Å². The van der Waals surface area contributed by atoms with Crippen LogP contribution in [0.1, 0.15) is 25.3 Å². The number of hydrogen-bond acceptors (Lipinski definition) is 2. The number of carbonyl (C=O) groups excluding carboxylic acids is 1. The van der Waals surface area contributed by atoms with E-state index in [-0.39, 0.29) is 17.7 Å². The number of benzene rings is 1. The standard InChI is InChI=1S/C14H16ClN3O/c1-9(2)13(10-3-5-11(15)6-4-10)14(19)17-12-7-8-16-18-12/h3-9,13H,1-2H3,(H2,16,17,18,19). The Bertz CT molecular complexity index is 534. The second-order valence-corrected chi connectivity index (χ2v) is 5.17. The fourth-order valence-electron chi connectivity index (χ4n) is 2.05. The van der Waals surface area contributed by atoms with Gasteiger partial charge in [-0.05, 0) is 23.6 Å². The smallest absolute Gasteiger partial charge is 0.233 e. The Labute approximate surface area is 117 Å². The molecule has 1 atom stereocenters. The average molecular weight is 278 g/mol. The molecule has 1 heterocycles. The number of carbonyl (C=O) groups is 1. The number of nitrogens with zero attached hydrogens (tertiary/aromatic N) is 1. The van der Waals surface area contributed by atoms with Crippen molar-refractivity contribution < 1.29 is 4.79 Å². The van der Waals surface area contributed by atoms with Crippen LogP contribution >= 0.6 is 11.6 Å². The zero-order valence-electron chi connectivity index (χ0n) is 10.9. The number of aromatic amines is 1. The Morgan fingerprint density at radius 1 is 1.26 bits per heavy atom. The molecule has 19 heavy (non-hydrogen) atoms. The van der Waals surface area contributed by atoms with E-state index in [0.29, 0.717) is 10.8 Å². The lowest BCUT2D eigenvalue weighted by Crippen LogP contribution is -2.25. The lowest BCUT2D eigenvalue weighted by atomic mass is 9.87. The highest BCUT2D eigenvalue weighted by atomic mass is 35.5. The summed E-state index contributed by atoms with van der Waals surface area (Å²) in [6.07, 6.45) is 1.60. The minimum Gasteiger partial charge on any atom is -0.311 e. The Morgan fingerprint density at radius 3 is 2.47 bits per heavy atom. The number of halogens is 1. The largest absolute Gasteiger partial charge is 0.311 e. The topological polar surface area (TPSA) is 57.8 Å². The third-order valence-electron chi connectivity index (χ3n) is 2.94. The molecule has 1 aromatic heterocycles. The molecule has 0 aliphatic carbocycles. The molecule has 0 bridgehead atoms. The Kier molecular flexibility index (Phi) is 4.22. The van der Waals surface area contributed by atoms with Crippen molar-refractivity contribution in [2.45, 2.75) is 19.8 Å². The van der Waals surface area contributed by atoms with Gasteiger partial charge in [0.05, 0.1) is 12.1 Å². The molecule has 0 fully saturated rings. The summed E-state index contributed by atoms with van der Waals surface area (Å²) in [5, 5.41) is 10.0. The summed E-state index contributed by atoms with van der Waals surface area (Å²) in [6, 6.07) is 9.10. The maximum atomic E-state index is 12.3. The first kappa shape index (κ1) is 13.6. The van der Waals surface area contributed by atoms with Gasteiger partial charge in [-0.2, -0.15) is 5.10 Å². The van der Waals surface area contributed by atoms with Gasteiger partial charge in [-0.25, -0.2) is 0 Å². The second kappa shape index (κ2) is 5.89. The summed E-state index contributed by atoms with van der Waals surface area (Å²) in [4.78, 5) is 12.3. The molecule has 1 unspecified atom stereocenters. The lowest BCUT2D eigenvalue weighted by molar-refractivity contribution is -0.118. The molecule has 0 radical (unpaired) electrons. The van der Waals surface area contributed by atoms with Crippen molar-refractivity contribution in [3.05, 3.63) is 47.1 Å². The predicted octanol–water partition coefficient (Wildman–Crippen LogP) is 3.44. The van der Waals surface area contributed by atoms with Gasteiger partial charge < -0.3 is 5.32 Å². The molecule has 1 amide bonds. The second-order valence-electron chi connectivity index (χ2n) is 4.73. The van der Waals surface area contributed by atoms with Gasteiger partial charge in [0.1, 0.15) is 5.82 Å². The predicted molar refractivity (Wildman–Crippen MR) is 76.2 cm³/mol. The Balaban J connectivity index is 2.20. The molecule has 0 aliphatic heterocycles. The fourth-order valence-corrected chi connectivity index (χ4v) is 2.17.